The van der Waals surface area contributed by atoms with Crippen LogP contribution >= 0.6 is 11.3 Å². The molecular weight excluding hydrogens is 278 g/mol. The van der Waals surface area contributed by atoms with Crippen molar-refractivity contribution in [2.45, 2.75) is 39.2 Å². The standard InChI is InChI=1S/C18H23NOS/c1-13(2)12-20-17-8-4-3-6-16(17)19-15-7-5-9-18-14(15)10-11-21-18/h3-4,6,8,10-11,13,15,19H,5,7,9,12H2,1-2H3. The zero-order valence-corrected chi connectivity index (χ0v) is 13.6. The van der Waals surface area contributed by atoms with E-state index in [4.69, 9.17) is 4.74 Å². The number of anilines is 1. The number of nitrogens with one attached hydrogen (secondary N) is 1. The van der Waals surface area contributed by atoms with E-state index in [1.807, 2.05) is 17.4 Å². The number of thiophene rings is 1. The molecule has 0 saturated heterocycles. The highest BCUT2D eigenvalue weighted by Crippen LogP contribution is 2.37. The third-order valence-electron chi connectivity index (χ3n) is 3.84. The number of fused-ring (bicyclic) bond motifs is 1. The average Bonchev–Trinajstić information content (AvgIpc) is 2.96. The van der Waals surface area contributed by atoms with Crippen LogP contribution in [0.2, 0.25) is 0 Å². The highest BCUT2D eigenvalue weighted by molar-refractivity contribution is 7.10. The topological polar surface area (TPSA) is 21.3 Å². The first-order valence-electron chi connectivity index (χ1n) is 7.78. The molecule has 3 rings (SSSR count). The van der Waals surface area contributed by atoms with Crippen molar-refractivity contribution in [3.8, 4) is 5.75 Å². The molecule has 0 spiro atoms. The monoisotopic (exact) mass is 301 g/mol. The minimum atomic E-state index is 0.420. The van der Waals surface area contributed by atoms with Crippen LogP contribution in [0.15, 0.2) is 35.7 Å². The summed E-state index contributed by atoms with van der Waals surface area (Å²) in [6.45, 7) is 5.11. The van der Waals surface area contributed by atoms with Crippen molar-refractivity contribution < 1.29 is 4.74 Å². The summed E-state index contributed by atoms with van der Waals surface area (Å²) in [5.41, 5.74) is 2.59. The molecular formula is C18H23NOS. The largest absolute Gasteiger partial charge is 0.491 e. The summed E-state index contributed by atoms with van der Waals surface area (Å²) in [7, 11) is 0. The fraction of sp³-hybridized carbons (Fsp3) is 0.444. The third-order valence-corrected chi connectivity index (χ3v) is 4.84. The first kappa shape index (κ1) is 14.5. The molecule has 1 heterocycles. The molecule has 0 saturated carbocycles. The van der Waals surface area contributed by atoms with Gasteiger partial charge in [0.15, 0.2) is 0 Å². The normalized spacial score (nSPS) is 17.6. The summed E-state index contributed by atoms with van der Waals surface area (Å²) in [6, 6.07) is 11.0. The second kappa shape index (κ2) is 6.52. The van der Waals surface area contributed by atoms with E-state index in [0.29, 0.717) is 12.0 Å². The van der Waals surface area contributed by atoms with E-state index in [1.54, 1.807) is 4.88 Å². The highest BCUT2D eigenvalue weighted by atomic mass is 32.1. The van der Waals surface area contributed by atoms with Gasteiger partial charge in [-0.25, -0.2) is 0 Å². The fourth-order valence-corrected chi connectivity index (χ4v) is 3.78. The molecule has 1 N–H and O–H groups in total. The maximum atomic E-state index is 5.95. The lowest BCUT2D eigenvalue weighted by molar-refractivity contribution is 0.272. The molecule has 1 aromatic carbocycles. The molecule has 0 radical (unpaired) electrons. The van der Waals surface area contributed by atoms with Crippen molar-refractivity contribution in [2.24, 2.45) is 5.92 Å². The van der Waals surface area contributed by atoms with Crippen LogP contribution < -0.4 is 10.1 Å². The van der Waals surface area contributed by atoms with E-state index in [0.717, 1.165) is 18.0 Å². The Morgan fingerprint density at radius 3 is 3.00 bits per heavy atom. The van der Waals surface area contributed by atoms with Crippen LogP contribution in [0.25, 0.3) is 0 Å². The van der Waals surface area contributed by atoms with Crippen molar-refractivity contribution in [3.63, 3.8) is 0 Å². The van der Waals surface area contributed by atoms with E-state index in [-0.39, 0.29) is 0 Å². The van der Waals surface area contributed by atoms with Crippen LogP contribution in [0.4, 0.5) is 5.69 Å². The molecule has 0 amide bonds. The van der Waals surface area contributed by atoms with Gasteiger partial charge >= 0.3 is 0 Å². The van der Waals surface area contributed by atoms with Gasteiger partial charge in [0.05, 0.1) is 18.3 Å². The van der Waals surface area contributed by atoms with Gasteiger partial charge in [-0.05, 0) is 54.3 Å². The lowest BCUT2D eigenvalue weighted by atomic mass is 9.94. The highest BCUT2D eigenvalue weighted by Gasteiger charge is 2.21. The molecule has 112 valence electrons. The van der Waals surface area contributed by atoms with Crippen molar-refractivity contribution in [3.05, 3.63) is 46.2 Å². The number of aryl methyl sites for hydroxylation is 1. The minimum absolute atomic E-state index is 0.420. The van der Waals surface area contributed by atoms with Gasteiger partial charge in [0.1, 0.15) is 5.75 Å². The van der Waals surface area contributed by atoms with Gasteiger partial charge in [-0.3, -0.25) is 0 Å². The van der Waals surface area contributed by atoms with Crippen LogP contribution in [0.5, 0.6) is 5.75 Å². The Kier molecular flexibility index (Phi) is 4.49. The van der Waals surface area contributed by atoms with E-state index < -0.39 is 0 Å². The van der Waals surface area contributed by atoms with Crippen LogP contribution in [-0.4, -0.2) is 6.61 Å². The Morgan fingerprint density at radius 2 is 2.14 bits per heavy atom. The van der Waals surface area contributed by atoms with Crippen LogP contribution in [0.3, 0.4) is 0 Å². The summed E-state index contributed by atoms with van der Waals surface area (Å²) in [5.74, 6) is 1.50. The number of benzene rings is 1. The van der Waals surface area contributed by atoms with E-state index in [1.165, 1.54) is 24.8 Å². The zero-order chi connectivity index (χ0) is 14.7. The summed E-state index contributed by atoms with van der Waals surface area (Å²) < 4.78 is 5.95. The summed E-state index contributed by atoms with van der Waals surface area (Å²) >= 11 is 1.89. The Balaban J connectivity index is 1.77. The van der Waals surface area contributed by atoms with Gasteiger partial charge in [0.25, 0.3) is 0 Å². The van der Waals surface area contributed by atoms with Gasteiger partial charge in [-0.15, -0.1) is 11.3 Å². The van der Waals surface area contributed by atoms with Crippen LogP contribution in [0, 0.1) is 5.92 Å². The van der Waals surface area contributed by atoms with Crippen LogP contribution in [0.1, 0.15) is 43.2 Å². The van der Waals surface area contributed by atoms with Crippen molar-refractivity contribution in [1.82, 2.24) is 0 Å². The SMILES string of the molecule is CC(C)COc1ccccc1NC1CCCc2sccc21. The second-order valence-electron chi connectivity index (χ2n) is 6.09. The van der Waals surface area contributed by atoms with E-state index in [2.05, 4.69) is 48.8 Å². The minimum Gasteiger partial charge on any atom is -0.491 e. The average molecular weight is 301 g/mol. The van der Waals surface area contributed by atoms with E-state index >= 15 is 0 Å². The summed E-state index contributed by atoms with van der Waals surface area (Å²) in [4.78, 5) is 1.54. The Bertz CT molecular complexity index is 590. The first-order valence-corrected chi connectivity index (χ1v) is 8.66. The molecule has 1 atom stereocenters. The predicted molar refractivity (Wildman–Crippen MR) is 90.4 cm³/mol. The maximum Gasteiger partial charge on any atom is 0.142 e. The van der Waals surface area contributed by atoms with E-state index in [9.17, 15) is 0 Å². The quantitative estimate of drug-likeness (QED) is 0.812. The molecule has 3 heteroatoms. The zero-order valence-electron chi connectivity index (χ0n) is 12.8. The number of ether oxygens (including phenoxy) is 1. The van der Waals surface area contributed by atoms with Crippen LogP contribution in [-0.2, 0) is 6.42 Å². The first-order chi connectivity index (χ1) is 10.2. The lowest BCUT2D eigenvalue weighted by Crippen LogP contribution is -2.16. The predicted octanol–water partition coefficient (Wildman–Crippen LogP) is 5.27. The summed E-state index contributed by atoms with van der Waals surface area (Å²) in [6.07, 6.45) is 3.69. The molecule has 21 heavy (non-hydrogen) atoms. The molecule has 2 nitrogen and oxygen atoms in total. The summed E-state index contributed by atoms with van der Waals surface area (Å²) in [5, 5.41) is 5.91. The van der Waals surface area contributed by atoms with Crippen molar-refractivity contribution >= 4 is 17.0 Å². The Hall–Kier alpha value is -1.48. The smallest absolute Gasteiger partial charge is 0.142 e. The van der Waals surface area contributed by atoms with Gasteiger partial charge in [0.2, 0.25) is 0 Å². The van der Waals surface area contributed by atoms with Gasteiger partial charge in [0, 0.05) is 4.88 Å². The third kappa shape index (κ3) is 3.41. The Labute approximate surface area is 131 Å². The molecule has 1 aliphatic rings. The van der Waals surface area contributed by atoms with Gasteiger partial charge in [-0.1, -0.05) is 26.0 Å². The second-order valence-corrected chi connectivity index (χ2v) is 7.09. The molecule has 0 aliphatic heterocycles. The van der Waals surface area contributed by atoms with Gasteiger partial charge < -0.3 is 10.1 Å². The number of hydrogen-bond acceptors (Lipinski definition) is 3. The molecule has 1 unspecified atom stereocenters. The molecule has 2 aromatic rings. The molecule has 1 aliphatic carbocycles. The Morgan fingerprint density at radius 1 is 1.29 bits per heavy atom. The van der Waals surface area contributed by atoms with Gasteiger partial charge in [-0.2, -0.15) is 0 Å². The number of rotatable bonds is 5. The lowest BCUT2D eigenvalue weighted by Gasteiger charge is -2.26. The van der Waals surface area contributed by atoms with Crippen molar-refractivity contribution in [2.75, 3.05) is 11.9 Å². The maximum absolute atomic E-state index is 5.95. The van der Waals surface area contributed by atoms with Crippen molar-refractivity contribution in [1.29, 1.82) is 0 Å². The molecule has 1 aromatic heterocycles. The number of para-hydroxylation sites is 2. The number of hydrogen-bond donors (Lipinski definition) is 1. The molecule has 0 bridgehead atoms. The molecule has 0 fully saturated rings. The fourth-order valence-electron chi connectivity index (χ4n) is 2.79.